The molecular weight excluding hydrogens is 224 g/mol. The van der Waals surface area contributed by atoms with E-state index in [1.165, 1.54) is 51.4 Å². The molecule has 1 heteroatoms. The molecule has 13 heavy (non-hydrogen) atoms. The van der Waals surface area contributed by atoms with Gasteiger partial charge in [0, 0.05) is 5.33 Å². The van der Waals surface area contributed by atoms with Gasteiger partial charge >= 0.3 is 0 Å². The summed E-state index contributed by atoms with van der Waals surface area (Å²) in [5, 5.41) is 1.10. The first-order valence-corrected chi connectivity index (χ1v) is 6.75. The Morgan fingerprint density at radius 2 is 1.46 bits per heavy atom. The Bertz CT molecular complexity index is 108. The van der Waals surface area contributed by atoms with Crippen molar-refractivity contribution in [2.75, 3.05) is 5.33 Å². The molecule has 0 bridgehead atoms. The van der Waals surface area contributed by atoms with Gasteiger partial charge in [0.1, 0.15) is 0 Å². The zero-order valence-corrected chi connectivity index (χ0v) is 10.5. The second-order valence-electron chi connectivity index (χ2n) is 3.51. The third kappa shape index (κ3) is 12.2. The lowest BCUT2D eigenvalue weighted by Crippen LogP contribution is -1.77. The molecule has 0 radical (unpaired) electrons. The van der Waals surface area contributed by atoms with Crippen LogP contribution in [0.25, 0.3) is 0 Å². The summed E-state index contributed by atoms with van der Waals surface area (Å²) < 4.78 is 0. The van der Waals surface area contributed by atoms with Crippen LogP contribution in [0.4, 0.5) is 0 Å². The van der Waals surface area contributed by atoms with Gasteiger partial charge in [-0.25, -0.2) is 0 Å². The summed E-state index contributed by atoms with van der Waals surface area (Å²) in [5.41, 5.74) is 0. The molecule has 0 aliphatic heterocycles. The van der Waals surface area contributed by atoms with Gasteiger partial charge in [-0.1, -0.05) is 67.1 Å². The van der Waals surface area contributed by atoms with Crippen molar-refractivity contribution in [3.63, 3.8) is 0 Å². The maximum Gasteiger partial charge on any atom is 0.00659 e. The highest BCUT2D eigenvalue weighted by atomic mass is 79.9. The van der Waals surface area contributed by atoms with Crippen LogP contribution in [-0.4, -0.2) is 5.33 Å². The van der Waals surface area contributed by atoms with E-state index >= 15 is 0 Å². The maximum atomic E-state index is 3.41. The van der Waals surface area contributed by atoms with Crippen LogP contribution in [0.1, 0.15) is 58.3 Å². The van der Waals surface area contributed by atoms with Crippen molar-refractivity contribution in [3.05, 3.63) is 12.2 Å². The second-order valence-corrected chi connectivity index (χ2v) is 4.30. The molecule has 0 aliphatic rings. The Labute approximate surface area is 91.9 Å². The molecule has 0 spiro atoms. The summed E-state index contributed by atoms with van der Waals surface area (Å²) in [5.74, 6) is 0. The molecule has 0 saturated heterocycles. The minimum Gasteiger partial charge on any atom is -0.0925 e. The lowest BCUT2D eigenvalue weighted by molar-refractivity contribution is 0.611. The predicted octanol–water partition coefficient (Wildman–Crippen LogP) is 5.08. The van der Waals surface area contributed by atoms with E-state index in [2.05, 4.69) is 35.0 Å². The Balaban J connectivity index is 2.91. The van der Waals surface area contributed by atoms with Gasteiger partial charge in [0.2, 0.25) is 0 Å². The highest BCUT2D eigenvalue weighted by Gasteiger charge is 1.87. The second kappa shape index (κ2) is 12.2. The lowest BCUT2D eigenvalue weighted by Gasteiger charge is -1.97. The topological polar surface area (TPSA) is 0 Å². The van der Waals surface area contributed by atoms with Gasteiger partial charge in [-0.2, -0.15) is 0 Å². The van der Waals surface area contributed by atoms with Crippen LogP contribution in [0.2, 0.25) is 0 Å². The van der Waals surface area contributed by atoms with Crippen LogP contribution in [0.3, 0.4) is 0 Å². The number of rotatable bonds is 9. The molecule has 78 valence electrons. The van der Waals surface area contributed by atoms with E-state index in [0.29, 0.717) is 0 Å². The van der Waals surface area contributed by atoms with E-state index in [0.717, 1.165) is 5.33 Å². The fraction of sp³-hybridized carbons (Fsp3) is 0.833. The van der Waals surface area contributed by atoms with Crippen molar-refractivity contribution >= 4 is 15.9 Å². The molecule has 0 amide bonds. The maximum absolute atomic E-state index is 3.41. The van der Waals surface area contributed by atoms with Crippen molar-refractivity contribution in [2.24, 2.45) is 0 Å². The van der Waals surface area contributed by atoms with Crippen LogP contribution in [0.5, 0.6) is 0 Å². The third-order valence-electron chi connectivity index (χ3n) is 2.17. The van der Waals surface area contributed by atoms with Crippen molar-refractivity contribution in [1.29, 1.82) is 0 Å². The number of halogens is 1. The number of hydrogen-bond acceptors (Lipinski definition) is 0. The van der Waals surface area contributed by atoms with Crippen molar-refractivity contribution in [2.45, 2.75) is 58.3 Å². The number of unbranched alkanes of at least 4 members (excludes halogenated alkanes) is 6. The van der Waals surface area contributed by atoms with E-state index in [1.54, 1.807) is 0 Å². The van der Waals surface area contributed by atoms with Crippen molar-refractivity contribution in [3.8, 4) is 0 Å². The largest absolute Gasteiger partial charge is 0.0925 e. The Hall–Kier alpha value is 0.220. The van der Waals surface area contributed by atoms with E-state index < -0.39 is 0 Å². The molecule has 0 heterocycles. The molecule has 0 saturated carbocycles. The molecule has 0 rings (SSSR count). The van der Waals surface area contributed by atoms with Gasteiger partial charge < -0.3 is 0 Å². The number of alkyl halides is 1. The zero-order valence-electron chi connectivity index (χ0n) is 8.90. The van der Waals surface area contributed by atoms with Gasteiger partial charge in [-0.05, 0) is 19.3 Å². The van der Waals surface area contributed by atoms with Gasteiger partial charge in [0.15, 0.2) is 0 Å². The molecule has 0 aromatic carbocycles. The van der Waals surface area contributed by atoms with E-state index in [1.807, 2.05) is 0 Å². The Morgan fingerprint density at radius 3 is 2.15 bits per heavy atom. The highest BCUT2D eigenvalue weighted by molar-refractivity contribution is 9.09. The summed E-state index contributed by atoms with van der Waals surface area (Å²) in [6.45, 7) is 2.27. The fourth-order valence-corrected chi connectivity index (χ4v) is 1.61. The molecule has 0 nitrogen and oxygen atoms in total. The smallest absolute Gasteiger partial charge is 0.00659 e. The van der Waals surface area contributed by atoms with E-state index in [-0.39, 0.29) is 0 Å². The first kappa shape index (κ1) is 13.2. The SMILES string of the molecule is CCCCCCCCC=CCCBr. The zero-order chi connectivity index (χ0) is 9.78. The summed E-state index contributed by atoms with van der Waals surface area (Å²) in [7, 11) is 0. The van der Waals surface area contributed by atoms with Crippen LogP contribution in [0.15, 0.2) is 12.2 Å². The number of allylic oxidation sites excluding steroid dienone is 2. The van der Waals surface area contributed by atoms with Gasteiger partial charge in [0.25, 0.3) is 0 Å². The Kier molecular flexibility index (Phi) is 12.4. The van der Waals surface area contributed by atoms with Crippen LogP contribution >= 0.6 is 15.9 Å². The monoisotopic (exact) mass is 246 g/mol. The number of hydrogen-bond donors (Lipinski definition) is 0. The van der Waals surface area contributed by atoms with E-state index in [9.17, 15) is 0 Å². The summed E-state index contributed by atoms with van der Waals surface area (Å²) >= 11 is 3.41. The van der Waals surface area contributed by atoms with E-state index in [4.69, 9.17) is 0 Å². The summed E-state index contributed by atoms with van der Waals surface area (Å²) in [6, 6.07) is 0. The minimum absolute atomic E-state index is 1.10. The Morgan fingerprint density at radius 1 is 0.846 bits per heavy atom. The molecule has 0 N–H and O–H groups in total. The van der Waals surface area contributed by atoms with Crippen LogP contribution < -0.4 is 0 Å². The molecule has 0 atom stereocenters. The molecule has 0 aromatic rings. The van der Waals surface area contributed by atoms with Gasteiger partial charge in [-0.15, -0.1) is 0 Å². The fourth-order valence-electron chi connectivity index (χ4n) is 1.34. The molecule has 0 aliphatic carbocycles. The third-order valence-corrected chi connectivity index (χ3v) is 2.62. The van der Waals surface area contributed by atoms with Crippen LogP contribution in [-0.2, 0) is 0 Å². The van der Waals surface area contributed by atoms with Gasteiger partial charge in [0.05, 0.1) is 0 Å². The first-order valence-electron chi connectivity index (χ1n) is 5.62. The van der Waals surface area contributed by atoms with Crippen LogP contribution in [0, 0.1) is 0 Å². The molecule has 0 unspecified atom stereocenters. The predicted molar refractivity (Wildman–Crippen MR) is 65.5 cm³/mol. The highest BCUT2D eigenvalue weighted by Crippen LogP contribution is 2.07. The quantitative estimate of drug-likeness (QED) is 0.303. The average molecular weight is 247 g/mol. The standard InChI is InChI=1S/C12H23Br/c1-2-3-4-5-6-7-8-9-10-11-12-13/h9-10H,2-8,11-12H2,1H3. The molecular formula is C12H23Br. The van der Waals surface area contributed by atoms with Gasteiger partial charge in [-0.3, -0.25) is 0 Å². The molecule has 0 fully saturated rings. The first-order chi connectivity index (χ1) is 6.41. The van der Waals surface area contributed by atoms with Crippen molar-refractivity contribution < 1.29 is 0 Å². The summed E-state index contributed by atoms with van der Waals surface area (Å²) in [6.07, 6.45) is 15.5. The lowest BCUT2D eigenvalue weighted by atomic mass is 10.1. The molecule has 0 aromatic heterocycles. The minimum atomic E-state index is 1.10. The average Bonchev–Trinajstić information content (AvgIpc) is 2.16. The summed E-state index contributed by atoms with van der Waals surface area (Å²) in [4.78, 5) is 0. The van der Waals surface area contributed by atoms with Crippen molar-refractivity contribution in [1.82, 2.24) is 0 Å². The normalized spacial score (nSPS) is 11.2.